The van der Waals surface area contributed by atoms with E-state index >= 15 is 0 Å². The predicted molar refractivity (Wildman–Crippen MR) is 100.0 cm³/mol. The second-order valence-corrected chi connectivity index (χ2v) is 6.64. The Morgan fingerprint density at radius 1 is 1.19 bits per heavy atom. The van der Waals surface area contributed by atoms with Crippen molar-refractivity contribution in [2.45, 2.75) is 38.9 Å². The molecule has 0 saturated carbocycles. The first-order chi connectivity index (χ1) is 12.7. The van der Waals surface area contributed by atoms with Crippen LogP contribution >= 0.6 is 0 Å². The predicted octanol–water partition coefficient (Wildman–Crippen LogP) is 4.75. The van der Waals surface area contributed by atoms with Gasteiger partial charge in [-0.15, -0.1) is 0 Å². The third-order valence-corrected chi connectivity index (χ3v) is 4.76. The summed E-state index contributed by atoms with van der Waals surface area (Å²) in [5.74, 6) is 0.546. The molecule has 4 nitrogen and oxygen atoms in total. The van der Waals surface area contributed by atoms with Gasteiger partial charge in [-0.2, -0.15) is 0 Å². The molecule has 0 bridgehead atoms. The van der Waals surface area contributed by atoms with E-state index in [2.05, 4.69) is 4.98 Å². The Labute approximate surface area is 152 Å². The minimum Gasteiger partial charge on any atom is -0.489 e. The molecule has 1 aliphatic carbocycles. The largest absolute Gasteiger partial charge is 0.489 e. The van der Waals surface area contributed by atoms with Crippen LogP contribution in [0.5, 0.6) is 5.75 Å². The van der Waals surface area contributed by atoms with E-state index in [0.29, 0.717) is 6.61 Å². The number of fused-ring (bicyclic) bond motifs is 3. The highest BCUT2D eigenvalue weighted by molar-refractivity contribution is 5.85. The van der Waals surface area contributed by atoms with E-state index in [1.54, 1.807) is 0 Å². The third kappa shape index (κ3) is 3.40. The first kappa shape index (κ1) is 16.6. The van der Waals surface area contributed by atoms with Gasteiger partial charge in [-0.3, -0.25) is 9.78 Å². The molecule has 0 N–H and O–H groups in total. The standard InChI is InChI=1S/C22H21NO3/c1-15(24)26-21-9-5-8-17-13-23-20-12-18(10-11-19(20)22(17)21)25-14-16-6-3-2-4-7-16/h2-4,6-7,10-13,21H,5,8-9,14H2,1H3. The number of aryl methyl sites for hydroxylation is 1. The zero-order valence-corrected chi connectivity index (χ0v) is 14.8. The van der Waals surface area contributed by atoms with Crippen molar-refractivity contribution >= 4 is 16.9 Å². The van der Waals surface area contributed by atoms with Crippen LogP contribution in [0.2, 0.25) is 0 Å². The van der Waals surface area contributed by atoms with Crippen molar-refractivity contribution in [3.8, 4) is 5.75 Å². The first-order valence-corrected chi connectivity index (χ1v) is 8.96. The van der Waals surface area contributed by atoms with Crippen LogP contribution in [0.25, 0.3) is 10.9 Å². The van der Waals surface area contributed by atoms with Gasteiger partial charge in [-0.1, -0.05) is 30.3 Å². The lowest BCUT2D eigenvalue weighted by molar-refractivity contribution is -0.147. The second kappa shape index (κ2) is 7.16. The molecular formula is C22H21NO3. The Balaban J connectivity index is 1.64. The van der Waals surface area contributed by atoms with Crippen molar-refractivity contribution in [2.24, 2.45) is 0 Å². The number of ether oxygens (including phenoxy) is 2. The van der Waals surface area contributed by atoms with Crippen LogP contribution in [0.3, 0.4) is 0 Å². The van der Waals surface area contributed by atoms with Crippen LogP contribution < -0.4 is 4.74 Å². The lowest BCUT2D eigenvalue weighted by Gasteiger charge is -2.26. The molecule has 0 saturated heterocycles. The van der Waals surface area contributed by atoms with Crippen LogP contribution in [-0.2, 0) is 22.6 Å². The van der Waals surface area contributed by atoms with Crippen molar-refractivity contribution in [2.75, 3.05) is 0 Å². The fraction of sp³-hybridized carbons (Fsp3) is 0.273. The van der Waals surface area contributed by atoms with Gasteiger partial charge in [0.1, 0.15) is 18.5 Å². The number of hydrogen-bond donors (Lipinski definition) is 0. The smallest absolute Gasteiger partial charge is 0.303 e. The SMILES string of the molecule is CC(=O)OC1CCCc2cnc3cc(OCc4ccccc4)ccc3c21. The summed E-state index contributed by atoms with van der Waals surface area (Å²) in [5, 5.41) is 1.04. The fourth-order valence-electron chi connectivity index (χ4n) is 3.59. The van der Waals surface area contributed by atoms with Gasteiger partial charge in [0.25, 0.3) is 0 Å². The van der Waals surface area contributed by atoms with Crippen LogP contribution in [0.1, 0.15) is 42.6 Å². The first-order valence-electron chi connectivity index (χ1n) is 8.96. The lowest BCUT2D eigenvalue weighted by Crippen LogP contribution is -2.16. The zero-order valence-electron chi connectivity index (χ0n) is 14.8. The monoisotopic (exact) mass is 347 g/mol. The van der Waals surface area contributed by atoms with Crippen LogP contribution in [0.15, 0.2) is 54.7 Å². The van der Waals surface area contributed by atoms with Gasteiger partial charge in [0.05, 0.1) is 5.52 Å². The Hall–Kier alpha value is -2.88. The molecule has 1 aromatic heterocycles. The number of nitrogens with zero attached hydrogens (tertiary/aromatic N) is 1. The average Bonchev–Trinajstić information content (AvgIpc) is 2.66. The van der Waals surface area contributed by atoms with Gasteiger partial charge < -0.3 is 9.47 Å². The number of benzene rings is 2. The number of carbonyl (C=O) groups excluding carboxylic acids is 1. The fourth-order valence-corrected chi connectivity index (χ4v) is 3.59. The highest BCUT2D eigenvalue weighted by atomic mass is 16.5. The molecule has 0 radical (unpaired) electrons. The molecule has 0 amide bonds. The highest BCUT2D eigenvalue weighted by Gasteiger charge is 2.25. The molecular weight excluding hydrogens is 326 g/mol. The minimum absolute atomic E-state index is 0.183. The summed E-state index contributed by atoms with van der Waals surface area (Å²) in [6.07, 6.45) is 4.57. The van der Waals surface area contributed by atoms with Crippen LogP contribution in [0.4, 0.5) is 0 Å². The van der Waals surface area contributed by atoms with Crippen LogP contribution in [0, 0.1) is 0 Å². The number of pyridine rings is 1. The van der Waals surface area contributed by atoms with E-state index in [-0.39, 0.29) is 12.1 Å². The summed E-state index contributed by atoms with van der Waals surface area (Å²) < 4.78 is 11.5. The molecule has 4 rings (SSSR count). The van der Waals surface area contributed by atoms with Crippen molar-refractivity contribution in [1.82, 2.24) is 4.98 Å². The van der Waals surface area contributed by atoms with Crippen molar-refractivity contribution < 1.29 is 14.3 Å². The average molecular weight is 347 g/mol. The molecule has 0 aliphatic heterocycles. The number of carbonyl (C=O) groups is 1. The Morgan fingerprint density at radius 2 is 2.04 bits per heavy atom. The molecule has 0 spiro atoms. The molecule has 3 aromatic rings. The van der Waals surface area contributed by atoms with E-state index < -0.39 is 0 Å². The number of esters is 1. The summed E-state index contributed by atoms with van der Waals surface area (Å²) in [4.78, 5) is 16.1. The zero-order chi connectivity index (χ0) is 17.9. The van der Waals surface area contributed by atoms with Gasteiger partial charge in [0, 0.05) is 30.1 Å². The summed E-state index contributed by atoms with van der Waals surface area (Å²) in [7, 11) is 0. The van der Waals surface area contributed by atoms with Crippen molar-refractivity contribution in [3.05, 3.63) is 71.4 Å². The normalized spacial score (nSPS) is 16.1. The summed E-state index contributed by atoms with van der Waals surface area (Å²) in [5.41, 5.74) is 4.27. The van der Waals surface area contributed by atoms with Crippen LogP contribution in [-0.4, -0.2) is 11.0 Å². The maximum absolute atomic E-state index is 11.5. The van der Waals surface area contributed by atoms with Gasteiger partial charge in [-0.05, 0) is 42.5 Å². The van der Waals surface area contributed by atoms with E-state index in [9.17, 15) is 4.79 Å². The Bertz CT molecular complexity index is 937. The number of rotatable bonds is 4. The summed E-state index contributed by atoms with van der Waals surface area (Å²) in [6.45, 7) is 1.99. The van der Waals surface area contributed by atoms with Crippen molar-refractivity contribution in [3.63, 3.8) is 0 Å². The molecule has 2 aromatic carbocycles. The minimum atomic E-state index is -0.240. The molecule has 26 heavy (non-hydrogen) atoms. The van der Waals surface area contributed by atoms with E-state index in [1.807, 2.05) is 54.7 Å². The summed E-state index contributed by atoms with van der Waals surface area (Å²) >= 11 is 0. The van der Waals surface area contributed by atoms with E-state index in [4.69, 9.17) is 9.47 Å². The maximum Gasteiger partial charge on any atom is 0.303 e. The molecule has 1 atom stereocenters. The van der Waals surface area contributed by atoms with Crippen molar-refractivity contribution in [1.29, 1.82) is 0 Å². The Kier molecular flexibility index (Phi) is 4.57. The second-order valence-electron chi connectivity index (χ2n) is 6.64. The molecule has 1 unspecified atom stereocenters. The third-order valence-electron chi connectivity index (χ3n) is 4.76. The quantitative estimate of drug-likeness (QED) is 0.639. The highest BCUT2D eigenvalue weighted by Crippen LogP contribution is 2.37. The number of aromatic nitrogens is 1. The van der Waals surface area contributed by atoms with E-state index in [0.717, 1.165) is 47.0 Å². The Morgan fingerprint density at radius 3 is 2.85 bits per heavy atom. The lowest BCUT2D eigenvalue weighted by atomic mass is 9.88. The van der Waals surface area contributed by atoms with Gasteiger partial charge in [-0.25, -0.2) is 0 Å². The van der Waals surface area contributed by atoms with Gasteiger partial charge in [0.2, 0.25) is 0 Å². The molecule has 1 aliphatic rings. The number of hydrogen-bond acceptors (Lipinski definition) is 4. The van der Waals surface area contributed by atoms with Gasteiger partial charge in [0.15, 0.2) is 0 Å². The maximum atomic E-state index is 11.5. The molecule has 132 valence electrons. The molecule has 4 heteroatoms. The topological polar surface area (TPSA) is 48.4 Å². The summed E-state index contributed by atoms with van der Waals surface area (Å²) in [6, 6.07) is 16.0. The van der Waals surface area contributed by atoms with Gasteiger partial charge >= 0.3 is 5.97 Å². The molecule has 1 heterocycles. The molecule has 0 fully saturated rings. The van der Waals surface area contributed by atoms with E-state index in [1.165, 1.54) is 12.5 Å².